The Morgan fingerprint density at radius 2 is 1.75 bits per heavy atom. The Hall–Kier alpha value is -0.0800. The fraction of sp³-hybridized carbons (Fsp3) is 1.00. The molecule has 0 rings (SSSR count). The molecule has 0 aromatic rings. The third-order valence-corrected chi connectivity index (χ3v) is 2.35. The summed E-state index contributed by atoms with van der Waals surface area (Å²) >= 11 is 0. The van der Waals surface area contributed by atoms with Gasteiger partial charge in [-0.3, -0.25) is 0 Å². The van der Waals surface area contributed by atoms with Crippen molar-refractivity contribution in [2.45, 2.75) is 39.8 Å². The number of hydrogen-bond acceptors (Lipinski definition) is 1. The third kappa shape index (κ3) is 4.07. The SMILES string of the molecule is CCCOC(C)[N+](C)(C)CCC. The smallest absolute Gasteiger partial charge is 0.189 e. The van der Waals surface area contributed by atoms with E-state index in [1.165, 1.54) is 13.0 Å². The maximum absolute atomic E-state index is 5.68. The van der Waals surface area contributed by atoms with Gasteiger partial charge in [-0.25, -0.2) is 0 Å². The predicted molar refractivity (Wildman–Crippen MR) is 53.0 cm³/mol. The highest BCUT2D eigenvalue weighted by Gasteiger charge is 2.22. The Bertz CT molecular complexity index is 112. The summed E-state index contributed by atoms with van der Waals surface area (Å²) in [4.78, 5) is 0. The first-order chi connectivity index (χ1) is 5.54. The average molecular weight is 174 g/mol. The molecule has 0 bridgehead atoms. The highest BCUT2D eigenvalue weighted by atomic mass is 16.5. The number of quaternary nitrogens is 1. The molecule has 2 nitrogen and oxygen atoms in total. The zero-order valence-corrected chi connectivity index (χ0v) is 9.26. The van der Waals surface area contributed by atoms with Gasteiger partial charge in [0.05, 0.1) is 27.2 Å². The van der Waals surface area contributed by atoms with E-state index in [0.717, 1.165) is 17.5 Å². The van der Waals surface area contributed by atoms with E-state index in [0.29, 0.717) is 6.23 Å². The molecule has 0 aliphatic heterocycles. The van der Waals surface area contributed by atoms with Gasteiger partial charge in [-0.05, 0) is 12.8 Å². The fourth-order valence-corrected chi connectivity index (χ4v) is 1.25. The van der Waals surface area contributed by atoms with E-state index in [-0.39, 0.29) is 0 Å². The monoisotopic (exact) mass is 174 g/mol. The zero-order valence-electron chi connectivity index (χ0n) is 9.26. The van der Waals surface area contributed by atoms with Crippen molar-refractivity contribution >= 4 is 0 Å². The van der Waals surface area contributed by atoms with Gasteiger partial charge >= 0.3 is 0 Å². The molecule has 2 heteroatoms. The quantitative estimate of drug-likeness (QED) is 0.443. The maximum atomic E-state index is 5.68. The van der Waals surface area contributed by atoms with Crippen LogP contribution in [0.3, 0.4) is 0 Å². The summed E-state index contributed by atoms with van der Waals surface area (Å²) in [6.07, 6.45) is 2.65. The minimum atomic E-state index is 0.324. The molecule has 0 fully saturated rings. The molecule has 0 aliphatic carbocycles. The molecule has 12 heavy (non-hydrogen) atoms. The third-order valence-electron chi connectivity index (χ3n) is 2.35. The lowest BCUT2D eigenvalue weighted by molar-refractivity contribution is -0.935. The fourth-order valence-electron chi connectivity index (χ4n) is 1.25. The van der Waals surface area contributed by atoms with E-state index < -0.39 is 0 Å². The first-order valence-electron chi connectivity index (χ1n) is 4.98. The van der Waals surface area contributed by atoms with Gasteiger partial charge in [-0.2, -0.15) is 0 Å². The van der Waals surface area contributed by atoms with Gasteiger partial charge in [-0.1, -0.05) is 13.8 Å². The summed E-state index contributed by atoms with van der Waals surface area (Å²) in [7, 11) is 4.45. The van der Waals surface area contributed by atoms with Crippen LogP contribution < -0.4 is 0 Å². The first-order valence-corrected chi connectivity index (χ1v) is 4.98. The zero-order chi connectivity index (χ0) is 9.61. The molecular formula is C10H24NO+. The molecule has 1 unspecified atom stereocenters. The predicted octanol–water partition coefficient (Wildman–Crippen LogP) is 2.25. The molecule has 0 amide bonds. The van der Waals surface area contributed by atoms with E-state index in [4.69, 9.17) is 4.74 Å². The topological polar surface area (TPSA) is 9.23 Å². The minimum Gasteiger partial charge on any atom is -0.329 e. The van der Waals surface area contributed by atoms with Crippen LogP contribution in [-0.2, 0) is 4.74 Å². The van der Waals surface area contributed by atoms with Crippen LogP contribution in [0.25, 0.3) is 0 Å². The molecule has 0 saturated carbocycles. The van der Waals surface area contributed by atoms with Crippen molar-refractivity contribution in [3.63, 3.8) is 0 Å². The van der Waals surface area contributed by atoms with Crippen molar-refractivity contribution in [1.82, 2.24) is 0 Å². The van der Waals surface area contributed by atoms with Crippen LogP contribution in [0.1, 0.15) is 33.6 Å². The maximum Gasteiger partial charge on any atom is 0.189 e. The van der Waals surface area contributed by atoms with Gasteiger partial charge in [0.1, 0.15) is 0 Å². The second-order valence-corrected chi connectivity index (χ2v) is 3.97. The van der Waals surface area contributed by atoms with Crippen LogP contribution in [0.5, 0.6) is 0 Å². The van der Waals surface area contributed by atoms with Crippen molar-refractivity contribution in [3.05, 3.63) is 0 Å². The van der Waals surface area contributed by atoms with Crippen LogP contribution in [0.4, 0.5) is 0 Å². The van der Waals surface area contributed by atoms with Gasteiger partial charge < -0.3 is 9.22 Å². The van der Waals surface area contributed by atoms with Crippen molar-refractivity contribution in [1.29, 1.82) is 0 Å². The van der Waals surface area contributed by atoms with Crippen molar-refractivity contribution in [2.75, 3.05) is 27.2 Å². The molecule has 0 N–H and O–H groups in total. The van der Waals surface area contributed by atoms with Crippen LogP contribution in [0.15, 0.2) is 0 Å². The van der Waals surface area contributed by atoms with Crippen molar-refractivity contribution < 1.29 is 9.22 Å². The Morgan fingerprint density at radius 3 is 2.17 bits per heavy atom. The summed E-state index contributed by atoms with van der Waals surface area (Å²) in [6, 6.07) is 0. The van der Waals surface area contributed by atoms with Gasteiger partial charge in [0.25, 0.3) is 0 Å². The molecule has 0 aliphatic rings. The molecule has 0 radical (unpaired) electrons. The molecule has 0 saturated heterocycles. The number of hydrogen-bond donors (Lipinski definition) is 0. The normalized spacial score (nSPS) is 14.8. The largest absolute Gasteiger partial charge is 0.329 e. The average Bonchev–Trinajstić information content (AvgIpc) is 2.00. The standard InChI is InChI=1S/C10H24NO/c1-6-8-11(4,5)10(3)12-9-7-2/h10H,6-9H2,1-5H3/q+1. The first kappa shape index (κ1) is 11.9. The van der Waals surface area contributed by atoms with Crippen molar-refractivity contribution in [3.8, 4) is 0 Å². The number of rotatable bonds is 6. The Kier molecular flexibility index (Phi) is 5.51. The van der Waals surface area contributed by atoms with Gasteiger partial charge in [-0.15, -0.1) is 0 Å². The molecule has 0 aromatic heterocycles. The Morgan fingerprint density at radius 1 is 1.17 bits per heavy atom. The summed E-state index contributed by atoms with van der Waals surface area (Å²) in [5.41, 5.74) is 0. The van der Waals surface area contributed by atoms with Gasteiger partial charge in [0, 0.05) is 6.92 Å². The molecular weight excluding hydrogens is 150 g/mol. The second-order valence-electron chi connectivity index (χ2n) is 3.97. The van der Waals surface area contributed by atoms with Crippen LogP contribution in [0.2, 0.25) is 0 Å². The highest BCUT2D eigenvalue weighted by molar-refractivity contribution is 4.36. The highest BCUT2D eigenvalue weighted by Crippen LogP contribution is 2.08. The molecule has 1 atom stereocenters. The Labute approximate surface area is 77.1 Å². The molecule has 0 heterocycles. The summed E-state index contributed by atoms with van der Waals surface area (Å²) < 4.78 is 6.65. The summed E-state index contributed by atoms with van der Waals surface area (Å²) in [5, 5.41) is 0. The molecule has 0 spiro atoms. The summed E-state index contributed by atoms with van der Waals surface area (Å²) in [5.74, 6) is 0. The Balaban J connectivity index is 3.79. The van der Waals surface area contributed by atoms with Crippen molar-refractivity contribution in [2.24, 2.45) is 0 Å². The number of nitrogens with zero attached hydrogens (tertiary/aromatic N) is 1. The molecule has 0 aromatic carbocycles. The van der Waals surface area contributed by atoms with E-state index in [1.807, 2.05) is 0 Å². The lowest BCUT2D eigenvalue weighted by atomic mass is 10.3. The van der Waals surface area contributed by atoms with Gasteiger partial charge in [0.2, 0.25) is 0 Å². The van der Waals surface area contributed by atoms with Crippen LogP contribution in [0, 0.1) is 0 Å². The second kappa shape index (κ2) is 5.55. The van der Waals surface area contributed by atoms with Gasteiger partial charge in [0.15, 0.2) is 6.23 Å². The van der Waals surface area contributed by atoms with Crippen LogP contribution >= 0.6 is 0 Å². The number of ether oxygens (including phenoxy) is 1. The summed E-state index contributed by atoms with van der Waals surface area (Å²) in [6.45, 7) is 8.59. The lowest BCUT2D eigenvalue weighted by Crippen LogP contribution is -2.49. The van der Waals surface area contributed by atoms with E-state index in [9.17, 15) is 0 Å². The van der Waals surface area contributed by atoms with E-state index >= 15 is 0 Å². The lowest BCUT2D eigenvalue weighted by Gasteiger charge is -2.35. The van der Waals surface area contributed by atoms with Crippen LogP contribution in [-0.4, -0.2) is 38.0 Å². The van der Waals surface area contributed by atoms with E-state index in [1.54, 1.807) is 0 Å². The molecule has 74 valence electrons. The minimum absolute atomic E-state index is 0.324. The van der Waals surface area contributed by atoms with E-state index in [2.05, 4.69) is 34.9 Å².